The predicted molar refractivity (Wildman–Crippen MR) is 120 cm³/mol. The summed E-state index contributed by atoms with van der Waals surface area (Å²) < 4.78 is 26.4. The highest BCUT2D eigenvalue weighted by atomic mass is 31.2. The molecule has 0 atom stereocenters. The van der Waals surface area contributed by atoms with E-state index < -0.39 is 15.7 Å². The van der Waals surface area contributed by atoms with E-state index in [1.807, 2.05) is 98.8 Å². The Labute approximate surface area is 169 Å². The van der Waals surface area contributed by atoms with Crippen molar-refractivity contribution in [1.82, 2.24) is 0 Å². The summed E-state index contributed by atoms with van der Waals surface area (Å²) in [7, 11) is -5.40. The van der Waals surface area contributed by atoms with Crippen molar-refractivity contribution in [2.45, 2.75) is 20.4 Å². The van der Waals surface area contributed by atoms with E-state index in [1.165, 1.54) is 0 Å². The van der Waals surface area contributed by atoms with Gasteiger partial charge in [0.15, 0.2) is 7.14 Å². The molecule has 0 N–H and O–H groups in total. The molecule has 28 heavy (non-hydrogen) atoms. The first-order valence-electron chi connectivity index (χ1n) is 9.65. The molecule has 146 valence electrons. The van der Waals surface area contributed by atoms with Gasteiger partial charge in [-0.25, -0.2) is 0 Å². The minimum atomic E-state index is -2.95. The van der Waals surface area contributed by atoms with Crippen LogP contribution in [-0.2, 0) is 13.4 Å². The molecule has 0 unspecified atom stereocenters. The quantitative estimate of drug-likeness (QED) is 0.420. The summed E-state index contributed by atoms with van der Waals surface area (Å²) in [6.45, 7) is 7.24. The second kappa shape index (κ2) is 9.02. The van der Waals surface area contributed by atoms with Gasteiger partial charge in [0.05, 0.1) is 0 Å². The molecule has 0 radical (unpaired) electrons. The molecule has 3 aromatic carbocycles. The van der Waals surface area contributed by atoms with Crippen molar-refractivity contribution >= 4 is 36.8 Å². The molecule has 5 heteroatoms. The zero-order valence-corrected chi connectivity index (χ0v) is 18.6. The van der Waals surface area contributed by atoms with Gasteiger partial charge in [-0.05, 0) is 25.6 Å². The van der Waals surface area contributed by atoms with E-state index in [0.717, 1.165) is 21.1 Å². The average Bonchev–Trinajstić information content (AvgIpc) is 2.75. The molecule has 3 nitrogen and oxygen atoms in total. The second-order valence-corrected chi connectivity index (χ2v) is 12.5. The Morgan fingerprint density at radius 1 is 0.679 bits per heavy atom. The lowest BCUT2D eigenvalue weighted by Crippen LogP contribution is -2.51. The fourth-order valence-electron chi connectivity index (χ4n) is 3.46. The molecule has 0 bridgehead atoms. The van der Waals surface area contributed by atoms with Crippen molar-refractivity contribution in [3.63, 3.8) is 0 Å². The lowest BCUT2D eigenvalue weighted by Gasteiger charge is -2.27. The molecule has 0 fully saturated rings. The number of hydrogen-bond donors (Lipinski definition) is 0. The van der Waals surface area contributed by atoms with Crippen LogP contribution in [0.1, 0.15) is 13.8 Å². The highest BCUT2D eigenvalue weighted by molar-refractivity contribution is 7.85. The minimum absolute atomic E-state index is 0.608. The summed E-state index contributed by atoms with van der Waals surface area (Å²) in [5.74, 6) is 0. The Morgan fingerprint density at radius 3 is 1.46 bits per heavy atom. The molecule has 0 aromatic heterocycles. The lowest BCUT2D eigenvalue weighted by molar-refractivity contribution is 0.202. The molecule has 0 saturated carbocycles. The summed E-state index contributed by atoms with van der Waals surface area (Å²) in [5.41, 5.74) is 0. The Bertz CT molecular complexity index is 878. The van der Waals surface area contributed by atoms with Gasteiger partial charge in [0.2, 0.25) is 0 Å². The monoisotopic (exact) mass is 410 g/mol. The predicted octanol–water partition coefficient (Wildman–Crippen LogP) is 3.68. The molecule has 0 aliphatic carbocycles. The summed E-state index contributed by atoms with van der Waals surface area (Å²) in [4.78, 5) is 0. The minimum Gasteiger partial charge on any atom is -0.391 e. The topological polar surface area (TPSA) is 35.5 Å². The summed E-state index contributed by atoms with van der Waals surface area (Å²) >= 11 is 0. The van der Waals surface area contributed by atoms with Crippen LogP contribution < -0.4 is 21.1 Å². The molecule has 3 rings (SSSR count). The fraction of sp³-hybridized carbons (Fsp3) is 0.217. The van der Waals surface area contributed by atoms with Crippen molar-refractivity contribution in [2.75, 3.05) is 13.2 Å². The fourth-order valence-corrected chi connectivity index (χ4v) is 8.39. The van der Waals surface area contributed by atoms with Crippen LogP contribution in [0, 0.1) is 0 Å². The van der Waals surface area contributed by atoms with Crippen LogP contribution in [0.15, 0.2) is 84.9 Å². The molecule has 0 aliphatic rings. The lowest BCUT2D eigenvalue weighted by atomic mass is 10.3. The zero-order valence-electron chi connectivity index (χ0n) is 16.7. The second-order valence-electron chi connectivity index (χ2n) is 6.64. The van der Waals surface area contributed by atoms with Gasteiger partial charge in [0.1, 0.15) is 0 Å². The Kier molecular flexibility index (Phi) is 6.68. The first-order valence-corrected chi connectivity index (χ1v) is 13.7. The molecule has 0 saturated heterocycles. The van der Waals surface area contributed by atoms with Gasteiger partial charge in [-0.3, -0.25) is 0 Å². The van der Waals surface area contributed by atoms with Crippen LogP contribution in [0.25, 0.3) is 0 Å². The average molecular weight is 411 g/mol. The van der Waals surface area contributed by atoms with Gasteiger partial charge < -0.3 is 13.4 Å². The van der Waals surface area contributed by atoms with Crippen LogP contribution in [0.3, 0.4) is 0 Å². The van der Waals surface area contributed by atoms with E-state index in [1.54, 1.807) is 0 Å². The van der Waals surface area contributed by atoms with E-state index in [-0.39, 0.29) is 0 Å². The highest BCUT2D eigenvalue weighted by Gasteiger charge is 2.35. The Balaban J connectivity index is 2.09. The van der Waals surface area contributed by atoms with E-state index in [0.29, 0.717) is 13.2 Å². The standard InChI is InChI=1S/C23H27O3PSi/c1-4-25-28(3,26-5-2)23-18-16-22(17-19-23)27(24,20-12-8-6-9-13-20)21-14-10-7-11-15-21/h6-19H,4-5H2,1-3H3. The van der Waals surface area contributed by atoms with E-state index >= 15 is 0 Å². The summed E-state index contributed by atoms with van der Waals surface area (Å²) in [6.07, 6.45) is 0. The molecule has 0 amide bonds. The molecular weight excluding hydrogens is 383 g/mol. The van der Waals surface area contributed by atoms with Gasteiger partial charge in [-0.2, -0.15) is 0 Å². The van der Waals surface area contributed by atoms with Crippen molar-refractivity contribution in [3.05, 3.63) is 84.9 Å². The SMILES string of the molecule is CCO[Si](C)(OCC)c1ccc(P(=O)(c2ccccc2)c2ccccc2)cc1. The van der Waals surface area contributed by atoms with Crippen molar-refractivity contribution in [3.8, 4) is 0 Å². The molecular formula is C23H27O3PSi. The third kappa shape index (κ3) is 4.06. The first-order chi connectivity index (χ1) is 13.5. The smallest absolute Gasteiger partial charge is 0.369 e. The van der Waals surface area contributed by atoms with Gasteiger partial charge in [-0.1, -0.05) is 84.9 Å². The largest absolute Gasteiger partial charge is 0.391 e. The van der Waals surface area contributed by atoms with E-state index in [4.69, 9.17) is 8.85 Å². The van der Waals surface area contributed by atoms with Crippen LogP contribution in [0.2, 0.25) is 6.55 Å². The van der Waals surface area contributed by atoms with E-state index in [2.05, 4.69) is 6.55 Å². The summed E-state index contributed by atoms with van der Waals surface area (Å²) in [5, 5.41) is 3.54. The normalized spacial score (nSPS) is 12.1. The van der Waals surface area contributed by atoms with Crippen LogP contribution in [0.5, 0.6) is 0 Å². The maximum atomic E-state index is 14.4. The number of hydrogen-bond acceptors (Lipinski definition) is 3. The maximum absolute atomic E-state index is 14.4. The van der Waals surface area contributed by atoms with Crippen molar-refractivity contribution in [2.24, 2.45) is 0 Å². The van der Waals surface area contributed by atoms with Crippen LogP contribution >= 0.6 is 7.14 Å². The maximum Gasteiger partial charge on any atom is 0.369 e. The van der Waals surface area contributed by atoms with E-state index in [9.17, 15) is 4.57 Å². The molecule has 0 spiro atoms. The molecule has 0 aliphatic heterocycles. The van der Waals surface area contributed by atoms with Gasteiger partial charge in [0, 0.05) is 29.1 Å². The van der Waals surface area contributed by atoms with Gasteiger partial charge in [0.25, 0.3) is 0 Å². The number of benzene rings is 3. The Hall–Kier alpha value is -1.97. The number of rotatable bonds is 8. The zero-order chi connectivity index (χ0) is 20.0. The third-order valence-corrected chi connectivity index (χ3v) is 11.0. The Morgan fingerprint density at radius 2 is 1.07 bits per heavy atom. The van der Waals surface area contributed by atoms with Crippen molar-refractivity contribution < 1.29 is 13.4 Å². The molecule has 0 heterocycles. The van der Waals surface area contributed by atoms with Crippen molar-refractivity contribution in [1.29, 1.82) is 0 Å². The van der Waals surface area contributed by atoms with Crippen LogP contribution in [-0.4, -0.2) is 21.8 Å². The van der Waals surface area contributed by atoms with Gasteiger partial charge in [-0.15, -0.1) is 0 Å². The van der Waals surface area contributed by atoms with Crippen LogP contribution in [0.4, 0.5) is 0 Å². The van der Waals surface area contributed by atoms with Gasteiger partial charge >= 0.3 is 8.56 Å². The highest BCUT2D eigenvalue weighted by Crippen LogP contribution is 2.41. The first kappa shape index (κ1) is 20.8. The summed E-state index contributed by atoms with van der Waals surface area (Å²) in [6, 6.07) is 27.4. The third-order valence-electron chi connectivity index (χ3n) is 4.83. The molecule has 3 aromatic rings.